The first-order valence-electron chi connectivity index (χ1n) is 5.82. The summed E-state index contributed by atoms with van der Waals surface area (Å²) in [4.78, 5) is 24.7. The van der Waals surface area contributed by atoms with Crippen molar-refractivity contribution in [3.05, 3.63) is 0 Å². The molecule has 1 atom stereocenters. The molecule has 1 saturated heterocycles. The number of carbonyl (C=O) groups is 2. The minimum Gasteiger partial charge on any atom is -0.346 e. The summed E-state index contributed by atoms with van der Waals surface area (Å²) in [6.45, 7) is 5.05. The number of amides is 2. The molecule has 0 aromatic rings. The molecule has 0 aliphatic carbocycles. The van der Waals surface area contributed by atoms with Gasteiger partial charge in [0.05, 0.1) is 13.1 Å². The highest BCUT2D eigenvalue weighted by molar-refractivity contribution is 5.85. The molecule has 16 heavy (non-hydrogen) atoms. The minimum atomic E-state index is -0.284. The molecular weight excluding hydrogens is 206 g/mol. The van der Waals surface area contributed by atoms with Gasteiger partial charge in [0.25, 0.3) is 0 Å². The Hall–Kier alpha value is -1.10. The molecule has 1 rings (SSSR count). The van der Waals surface area contributed by atoms with E-state index in [0.717, 1.165) is 19.4 Å². The maximum absolute atomic E-state index is 11.9. The van der Waals surface area contributed by atoms with Crippen LogP contribution in [0.1, 0.15) is 26.7 Å². The first kappa shape index (κ1) is 13.0. The van der Waals surface area contributed by atoms with Crippen LogP contribution < -0.4 is 11.1 Å². The van der Waals surface area contributed by atoms with Crippen LogP contribution in [0.25, 0.3) is 0 Å². The Morgan fingerprint density at radius 3 is 2.75 bits per heavy atom. The molecule has 1 unspecified atom stereocenters. The van der Waals surface area contributed by atoms with Crippen molar-refractivity contribution >= 4 is 11.8 Å². The summed E-state index contributed by atoms with van der Waals surface area (Å²) >= 11 is 0. The Labute approximate surface area is 96.4 Å². The van der Waals surface area contributed by atoms with Gasteiger partial charge in [0.2, 0.25) is 11.8 Å². The third-order valence-corrected chi connectivity index (χ3v) is 3.01. The Bertz CT molecular complexity index is 266. The van der Waals surface area contributed by atoms with Crippen molar-refractivity contribution in [1.29, 1.82) is 0 Å². The molecule has 1 aliphatic heterocycles. The molecule has 0 aromatic heterocycles. The van der Waals surface area contributed by atoms with Gasteiger partial charge in [-0.3, -0.25) is 9.59 Å². The zero-order valence-corrected chi connectivity index (χ0v) is 10.0. The van der Waals surface area contributed by atoms with Crippen LogP contribution in [0, 0.1) is 5.92 Å². The van der Waals surface area contributed by atoms with Gasteiger partial charge in [-0.25, -0.2) is 0 Å². The van der Waals surface area contributed by atoms with E-state index in [9.17, 15) is 9.59 Å². The summed E-state index contributed by atoms with van der Waals surface area (Å²) in [6.07, 6.45) is 2.12. The van der Waals surface area contributed by atoms with Gasteiger partial charge in [-0.2, -0.15) is 0 Å². The van der Waals surface area contributed by atoms with Crippen LogP contribution in [0.5, 0.6) is 0 Å². The molecule has 0 spiro atoms. The molecule has 0 bridgehead atoms. The number of carbonyl (C=O) groups excluding carboxylic acids is 2. The van der Waals surface area contributed by atoms with E-state index in [4.69, 9.17) is 5.73 Å². The van der Waals surface area contributed by atoms with Gasteiger partial charge in [-0.15, -0.1) is 0 Å². The average molecular weight is 227 g/mol. The highest BCUT2D eigenvalue weighted by atomic mass is 16.2. The van der Waals surface area contributed by atoms with E-state index in [-0.39, 0.29) is 24.9 Å². The van der Waals surface area contributed by atoms with E-state index >= 15 is 0 Å². The summed E-state index contributed by atoms with van der Waals surface area (Å²) in [5, 5.41) is 2.51. The fourth-order valence-corrected chi connectivity index (χ4v) is 2.14. The number of likely N-dealkylation sites (tertiary alicyclic amines) is 1. The van der Waals surface area contributed by atoms with Crippen molar-refractivity contribution in [2.45, 2.75) is 32.7 Å². The molecule has 5 nitrogen and oxygen atoms in total. The summed E-state index contributed by atoms with van der Waals surface area (Å²) in [7, 11) is 0. The van der Waals surface area contributed by atoms with Gasteiger partial charge < -0.3 is 16.0 Å². The molecule has 5 heteroatoms. The SMILES string of the molecule is CC(C)C1CCCN1C(=O)CNC(=O)CN. The normalized spacial score (nSPS) is 20.2. The third-order valence-electron chi connectivity index (χ3n) is 3.01. The van der Waals surface area contributed by atoms with E-state index in [1.165, 1.54) is 0 Å². The van der Waals surface area contributed by atoms with Crippen LogP contribution >= 0.6 is 0 Å². The third kappa shape index (κ3) is 3.20. The van der Waals surface area contributed by atoms with E-state index in [1.54, 1.807) is 0 Å². The van der Waals surface area contributed by atoms with Crippen molar-refractivity contribution in [1.82, 2.24) is 10.2 Å². The number of nitrogens with one attached hydrogen (secondary N) is 1. The fraction of sp³-hybridized carbons (Fsp3) is 0.818. The van der Waals surface area contributed by atoms with Gasteiger partial charge >= 0.3 is 0 Å². The van der Waals surface area contributed by atoms with Crippen LogP contribution in [0.3, 0.4) is 0 Å². The van der Waals surface area contributed by atoms with Gasteiger partial charge in [0.1, 0.15) is 0 Å². The number of rotatable bonds is 4. The van der Waals surface area contributed by atoms with Crippen LogP contribution in [0.2, 0.25) is 0 Å². The van der Waals surface area contributed by atoms with Crippen molar-refractivity contribution in [3.8, 4) is 0 Å². The topological polar surface area (TPSA) is 75.4 Å². The van der Waals surface area contributed by atoms with Crippen LogP contribution in [0.4, 0.5) is 0 Å². The van der Waals surface area contributed by atoms with Crippen molar-refractivity contribution in [2.24, 2.45) is 11.7 Å². The monoisotopic (exact) mass is 227 g/mol. The van der Waals surface area contributed by atoms with Gasteiger partial charge in [0.15, 0.2) is 0 Å². The summed E-state index contributed by atoms with van der Waals surface area (Å²) in [6, 6.07) is 0.322. The Morgan fingerprint density at radius 1 is 1.50 bits per heavy atom. The maximum atomic E-state index is 11.9. The van der Waals surface area contributed by atoms with Crippen molar-refractivity contribution < 1.29 is 9.59 Å². The first-order chi connectivity index (χ1) is 7.56. The van der Waals surface area contributed by atoms with Crippen molar-refractivity contribution in [3.63, 3.8) is 0 Å². The fourth-order valence-electron chi connectivity index (χ4n) is 2.14. The van der Waals surface area contributed by atoms with Crippen LogP contribution in [0.15, 0.2) is 0 Å². The summed E-state index contributed by atoms with van der Waals surface area (Å²) in [5.41, 5.74) is 5.15. The second-order valence-corrected chi connectivity index (χ2v) is 4.52. The quantitative estimate of drug-likeness (QED) is 0.693. The molecule has 92 valence electrons. The van der Waals surface area contributed by atoms with Crippen LogP contribution in [-0.2, 0) is 9.59 Å². The lowest BCUT2D eigenvalue weighted by Crippen LogP contribution is -2.45. The van der Waals surface area contributed by atoms with E-state index in [1.807, 2.05) is 4.90 Å². The maximum Gasteiger partial charge on any atom is 0.242 e. The van der Waals surface area contributed by atoms with Crippen LogP contribution in [-0.4, -0.2) is 42.4 Å². The van der Waals surface area contributed by atoms with Gasteiger partial charge in [-0.05, 0) is 18.8 Å². The number of nitrogens with zero attached hydrogens (tertiary/aromatic N) is 1. The minimum absolute atomic E-state index is 0.00185. The molecule has 0 radical (unpaired) electrons. The second kappa shape index (κ2) is 5.84. The molecule has 3 N–H and O–H groups in total. The predicted molar refractivity (Wildman–Crippen MR) is 61.6 cm³/mol. The lowest BCUT2D eigenvalue weighted by atomic mass is 10.0. The highest BCUT2D eigenvalue weighted by Gasteiger charge is 2.30. The zero-order chi connectivity index (χ0) is 12.1. The number of hydrogen-bond donors (Lipinski definition) is 2. The van der Waals surface area contributed by atoms with Gasteiger partial charge in [-0.1, -0.05) is 13.8 Å². The summed E-state index contributed by atoms with van der Waals surface area (Å²) < 4.78 is 0. The predicted octanol–water partition coefficient (Wildman–Crippen LogP) is -0.292. The average Bonchev–Trinajstić information content (AvgIpc) is 2.74. The zero-order valence-electron chi connectivity index (χ0n) is 10.0. The Morgan fingerprint density at radius 2 is 2.19 bits per heavy atom. The molecule has 0 aromatic carbocycles. The van der Waals surface area contributed by atoms with Gasteiger partial charge in [0, 0.05) is 12.6 Å². The number of hydrogen-bond acceptors (Lipinski definition) is 3. The molecule has 1 heterocycles. The molecule has 2 amide bonds. The molecule has 0 saturated carbocycles. The molecule has 1 aliphatic rings. The number of nitrogens with two attached hydrogens (primary N) is 1. The van der Waals surface area contributed by atoms with Crippen molar-refractivity contribution in [2.75, 3.05) is 19.6 Å². The molecule has 1 fully saturated rings. The van der Waals surface area contributed by atoms with E-state index in [0.29, 0.717) is 12.0 Å². The Balaban J connectivity index is 2.44. The standard InChI is InChI=1S/C11H21N3O2/c1-8(2)9-4-3-5-14(9)11(16)7-13-10(15)6-12/h8-9H,3-7,12H2,1-2H3,(H,13,15). The van der Waals surface area contributed by atoms with E-state index < -0.39 is 0 Å². The Kier molecular flexibility index (Phi) is 4.73. The summed E-state index contributed by atoms with van der Waals surface area (Å²) in [5.74, 6) is 0.184. The lowest BCUT2D eigenvalue weighted by molar-refractivity contribution is -0.133. The van der Waals surface area contributed by atoms with E-state index in [2.05, 4.69) is 19.2 Å². The smallest absolute Gasteiger partial charge is 0.242 e. The highest BCUT2D eigenvalue weighted by Crippen LogP contribution is 2.23. The first-order valence-corrected chi connectivity index (χ1v) is 5.82. The molecular formula is C11H21N3O2. The second-order valence-electron chi connectivity index (χ2n) is 4.52. The lowest BCUT2D eigenvalue weighted by Gasteiger charge is -2.27. The largest absolute Gasteiger partial charge is 0.346 e.